The molecule has 0 unspecified atom stereocenters. The highest BCUT2D eigenvalue weighted by atomic mass is 14.7. The minimum Gasteiger partial charge on any atom is -0.250 e. The van der Waals surface area contributed by atoms with Crippen molar-refractivity contribution in [1.29, 1.82) is 0 Å². The van der Waals surface area contributed by atoms with Crippen LogP contribution in [0.2, 0.25) is 0 Å². The van der Waals surface area contributed by atoms with E-state index in [1.54, 1.807) is 18.6 Å². The van der Waals surface area contributed by atoms with E-state index >= 15 is 0 Å². The van der Waals surface area contributed by atoms with Crippen LogP contribution in [0.25, 0.3) is 12.3 Å². The fourth-order valence-corrected chi connectivity index (χ4v) is 0.916. The highest BCUT2D eigenvalue weighted by molar-refractivity contribution is 5.92. The lowest BCUT2D eigenvalue weighted by Gasteiger charge is -1.83. The molecule has 10 heavy (non-hydrogen) atoms. The maximum absolute atomic E-state index is 4.12. The normalized spacial score (nSPS) is 13.2. The van der Waals surface area contributed by atoms with Gasteiger partial charge >= 0.3 is 0 Å². The van der Waals surface area contributed by atoms with Crippen LogP contribution in [-0.2, 0) is 0 Å². The molecular formula is C8H6N2+. The second-order valence-electron chi connectivity index (χ2n) is 2.07. The summed E-state index contributed by atoms with van der Waals surface area (Å²) in [6.07, 6.45) is 7.24. The SMILES string of the molecule is C1=[N+]C=c2ncccc2=C1. The first kappa shape index (κ1) is 5.35. The van der Waals surface area contributed by atoms with E-state index in [1.165, 1.54) is 0 Å². The lowest BCUT2D eigenvalue weighted by molar-refractivity contribution is 1.20. The molecule has 1 aromatic rings. The Balaban J connectivity index is 2.92. The van der Waals surface area contributed by atoms with E-state index in [0.717, 1.165) is 10.6 Å². The molecule has 0 saturated carbocycles. The quantitative estimate of drug-likeness (QED) is 0.443. The van der Waals surface area contributed by atoms with Gasteiger partial charge in [-0.1, -0.05) is 6.07 Å². The molecule has 0 N–H and O–H groups in total. The van der Waals surface area contributed by atoms with Crippen LogP contribution in [0, 0.1) is 0 Å². The summed E-state index contributed by atoms with van der Waals surface area (Å²) in [4.78, 5) is 8.07. The number of pyridine rings is 1. The fourth-order valence-electron chi connectivity index (χ4n) is 0.916. The average Bonchev–Trinajstić information content (AvgIpc) is 2.05. The van der Waals surface area contributed by atoms with E-state index in [1.807, 2.05) is 18.2 Å². The summed E-state index contributed by atoms with van der Waals surface area (Å²) in [5, 5.41) is 2.09. The monoisotopic (exact) mass is 130 g/mol. The predicted molar refractivity (Wildman–Crippen MR) is 40.6 cm³/mol. The highest BCUT2D eigenvalue weighted by Crippen LogP contribution is 1.67. The molecule has 2 heteroatoms. The molecule has 1 aliphatic rings. The number of hydrogen-bond acceptors (Lipinski definition) is 2. The van der Waals surface area contributed by atoms with Crippen molar-refractivity contribution in [1.82, 2.24) is 9.98 Å². The summed E-state index contributed by atoms with van der Waals surface area (Å²) >= 11 is 0. The molecule has 2 nitrogen and oxygen atoms in total. The molecule has 1 aliphatic heterocycles. The van der Waals surface area contributed by atoms with Gasteiger partial charge in [-0.25, -0.2) is 4.98 Å². The van der Waals surface area contributed by atoms with E-state index in [0.29, 0.717) is 0 Å². The third-order valence-electron chi connectivity index (χ3n) is 1.41. The average molecular weight is 130 g/mol. The summed E-state index contributed by atoms with van der Waals surface area (Å²) in [5.41, 5.74) is 0. The Morgan fingerprint density at radius 2 is 2.40 bits per heavy atom. The number of aromatic nitrogens is 1. The third kappa shape index (κ3) is 0.739. The Hall–Kier alpha value is -1.44. The van der Waals surface area contributed by atoms with Crippen molar-refractivity contribution in [2.75, 3.05) is 0 Å². The molecular weight excluding hydrogens is 124 g/mol. The number of hydrogen-bond donors (Lipinski definition) is 0. The molecule has 2 heterocycles. The van der Waals surface area contributed by atoms with Crippen molar-refractivity contribution in [2.45, 2.75) is 0 Å². The van der Waals surface area contributed by atoms with E-state index in [2.05, 4.69) is 9.98 Å². The van der Waals surface area contributed by atoms with Gasteiger partial charge in [0.1, 0.15) is 5.35 Å². The molecule has 0 atom stereocenters. The van der Waals surface area contributed by atoms with Crippen molar-refractivity contribution in [3.63, 3.8) is 0 Å². The van der Waals surface area contributed by atoms with E-state index in [-0.39, 0.29) is 0 Å². The van der Waals surface area contributed by atoms with Gasteiger partial charge in [0.2, 0.25) is 6.21 Å². The molecule has 0 bridgehead atoms. The minimum atomic E-state index is 0.949. The van der Waals surface area contributed by atoms with Gasteiger partial charge in [-0.15, -0.1) is 0 Å². The number of fused-ring (bicyclic) bond motifs is 1. The number of rotatable bonds is 0. The van der Waals surface area contributed by atoms with Gasteiger partial charge in [-0.3, -0.25) is 0 Å². The summed E-state index contributed by atoms with van der Waals surface area (Å²) < 4.78 is 0. The van der Waals surface area contributed by atoms with Crippen LogP contribution in [-0.4, -0.2) is 11.2 Å². The van der Waals surface area contributed by atoms with Crippen LogP contribution in [0.5, 0.6) is 0 Å². The summed E-state index contributed by atoms with van der Waals surface area (Å²) in [7, 11) is 0. The number of nitrogens with zero attached hydrogens (tertiary/aromatic N) is 2. The van der Waals surface area contributed by atoms with Crippen molar-refractivity contribution in [3.05, 3.63) is 28.9 Å². The van der Waals surface area contributed by atoms with Gasteiger partial charge in [0, 0.05) is 17.5 Å². The van der Waals surface area contributed by atoms with Crippen LogP contribution in [0.15, 0.2) is 18.3 Å². The first-order valence-corrected chi connectivity index (χ1v) is 3.11. The van der Waals surface area contributed by atoms with Crippen LogP contribution in [0.4, 0.5) is 0 Å². The van der Waals surface area contributed by atoms with E-state index in [9.17, 15) is 0 Å². The van der Waals surface area contributed by atoms with Gasteiger partial charge in [-0.05, 0) is 6.07 Å². The Kier molecular flexibility index (Phi) is 1.10. The van der Waals surface area contributed by atoms with Gasteiger partial charge < -0.3 is 0 Å². The minimum absolute atomic E-state index is 0.949. The predicted octanol–water partition coefficient (Wildman–Crippen LogP) is -0.980. The Labute approximate surface area is 58.3 Å². The van der Waals surface area contributed by atoms with Crippen LogP contribution < -0.4 is 15.6 Å². The highest BCUT2D eigenvalue weighted by Gasteiger charge is 1.94. The summed E-state index contributed by atoms with van der Waals surface area (Å²) in [5.74, 6) is 0. The van der Waals surface area contributed by atoms with Gasteiger partial charge in [0.25, 0.3) is 6.20 Å². The molecule has 0 aliphatic carbocycles. The standard InChI is InChI=1S/C8H6N2/c1-2-7-3-5-9-6-8(7)10-4-1/h1-6H/q+1. The van der Waals surface area contributed by atoms with Gasteiger partial charge in [-0.2, -0.15) is 0 Å². The van der Waals surface area contributed by atoms with Crippen molar-refractivity contribution in [2.24, 2.45) is 0 Å². The molecule has 2 rings (SSSR count). The molecule has 1 radical (unpaired) electrons. The Morgan fingerprint density at radius 1 is 1.40 bits per heavy atom. The van der Waals surface area contributed by atoms with E-state index in [4.69, 9.17) is 0 Å². The molecule has 0 amide bonds. The molecule has 0 fully saturated rings. The third-order valence-corrected chi connectivity index (χ3v) is 1.41. The first-order valence-electron chi connectivity index (χ1n) is 3.11. The first-order chi connectivity index (χ1) is 4.97. The summed E-state index contributed by atoms with van der Waals surface area (Å²) in [6, 6.07) is 3.94. The van der Waals surface area contributed by atoms with E-state index < -0.39 is 0 Å². The second kappa shape index (κ2) is 2.06. The van der Waals surface area contributed by atoms with Crippen LogP contribution in [0.1, 0.15) is 0 Å². The largest absolute Gasteiger partial charge is 0.268 e. The topological polar surface area (TPSA) is 27.0 Å². The van der Waals surface area contributed by atoms with Crippen molar-refractivity contribution < 1.29 is 0 Å². The zero-order chi connectivity index (χ0) is 6.81. The lowest BCUT2D eigenvalue weighted by atomic mass is 10.3. The van der Waals surface area contributed by atoms with Crippen LogP contribution >= 0.6 is 0 Å². The number of aliphatic imine (C=N–C) groups is 1. The fraction of sp³-hybridized carbons (Fsp3) is 0. The van der Waals surface area contributed by atoms with Gasteiger partial charge in [0.15, 0.2) is 0 Å². The lowest BCUT2D eigenvalue weighted by Crippen LogP contribution is -2.30. The zero-order valence-electron chi connectivity index (χ0n) is 5.36. The zero-order valence-corrected chi connectivity index (χ0v) is 5.36. The van der Waals surface area contributed by atoms with Crippen molar-refractivity contribution >= 4 is 18.5 Å². The summed E-state index contributed by atoms with van der Waals surface area (Å²) in [6.45, 7) is 0. The molecule has 0 aromatic carbocycles. The molecule has 0 spiro atoms. The molecule has 47 valence electrons. The van der Waals surface area contributed by atoms with Gasteiger partial charge in [0.05, 0.1) is 4.99 Å². The smallest absolute Gasteiger partial charge is 0.250 e. The Morgan fingerprint density at radius 3 is 3.30 bits per heavy atom. The molecule has 1 aromatic heterocycles. The molecule has 0 saturated heterocycles. The van der Waals surface area contributed by atoms with Crippen molar-refractivity contribution in [3.8, 4) is 0 Å². The second-order valence-corrected chi connectivity index (χ2v) is 2.07. The maximum Gasteiger partial charge on any atom is 0.268 e. The Bertz CT molecular complexity index is 339. The maximum atomic E-state index is 4.12. The van der Waals surface area contributed by atoms with Crippen LogP contribution in [0.3, 0.4) is 0 Å².